The third kappa shape index (κ3) is 3.19. The largest absolute Gasteiger partial charge is 0.380 e. The van der Waals surface area contributed by atoms with Gasteiger partial charge in [0.15, 0.2) is 0 Å². The Hall–Kier alpha value is -0.220. The van der Waals surface area contributed by atoms with E-state index in [-0.39, 0.29) is 11.2 Å². The molecule has 1 aliphatic rings. The zero-order chi connectivity index (χ0) is 9.68. The molecule has 1 amide bonds. The number of amides is 1. The molecule has 0 radical (unpaired) electrons. The fraction of sp³-hybridized carbons (Fsp3) is 0.889. The van der Waals surface area contributed by atoms with E-state index in [1.807, 2.05) is 18.1 Å². The molecule has 76 valence electrons. The molecule has 1 heterocycles. The molecule has 0 spiro atoms. The number of hydrogen-bond donors (Lipinski definition) is 0. The average Bonchev–Trinajstić information content (AvgIpc) is 2.43. The highest BCUT2D eigenvalue weighted by Gasteiger charge is 2.20. The van der Waals surface area contributed by atoms with Crippen LogP contribution in [0.25, 0.3) is 0 Å². The molecule has 1 fully saturated rings. The van der Waals surface area contributed by atoms with Crippen molar-refractivity contribution in [3.63, 3.8) is 0 Å². The van der Waals surface area contributed by atoms with Gasteiger partial charge >= 0.3 is 0 Å². The molecule has 1 unspecified atom stereocenters. The molecule has 0 aromatic heterocycles. The smallest absolute Gasteiger partial charge is 0.235 e. The zero-order valence-corrected chi connectivity index (χ0v) is 9.10. The number of carbonyl (C=O) groups excluding carboxylic acids is 1. The summed E-state index contributed by atoms with van der Waals surface area (Å²) >= 11 is 1.60. The number of rotatable bonds is 2. The van der Waals surface area contributed by atoms with E-state index in [4.69, 9.17) is 4.74 Å². The summed E-state index contributed by atoms with van der Waals surface area (Å²) in [6.45, 7) is 5.04. The highest BCUT2D eigenvalue weighted by atomic mass is 32.2. The topological polar surface area (TPSA) is 29.5 Å². The predicted molar refractivity (Wildman–Crippen MR) is 55.0 cm³/mol. The molecule has 0 saturated carbocycles. The molecule has 4 heteroatoms. The summed E-state index contributed by atoms with van der Waals surface area (Å²) in [5, 5.41) is 0.0816. The van der Waals surface area contributed by atoms with E-state index in [1.165, 1.54) is 0 Å². The van der Waals surface area contributed by atoms with Crippen LogP contribution in [0.5, 0.6) is 0 Å². The molecule has 3 nitrogen and oxygen atoms in total. The van der Waals surface area contributed by atoms with Crippen molar-refractivity contribution >= 4 is 17.7 Å². The first-order chi connectivity index (χ1) is 6.25. The average molecular weight is 203 g/mol. The SMILES string of the molecule is CSC(C)C(=O)N1CCCOCC1. The van der Waals surface area contributed by atoms with Crippen molar-refractivity contribution in [3.05, 3.63) is 0 Å². The minimum absolute atomic E-state index is 0.0816. The van der Waals surface area contributed by atoms with Crippen molar-refractivity contribution in [2.24, 2.45) is 0 Å². The molecule has 0 bridgehead atoms. The summed E-state index contributed by atoms with van der Waals surface area (Å²) in [7, 11) is 0. The molecule has 0 N–H and O–H groups in total. The number of hydrogen-bond acceptors (Lipinski definition) is 3. The van der Waals surface area contributed by atoms with Gasteiger partial charge in [-0.15, -0.1) is 0 Å². The quantitative estimate of drug-likeness (QED) is 0.670. The van der Waals surface area contributed by atoms with Crippen LogP contribution in [0.1, 0.15) is 13.3 Å². The van der Waals surface area contributed by atoms with Crippen molar-refractivity contribution in [2.75, 3.05) is 32.6 Å². The van der Waals surface area contributed by atoms with Gasteiger partial charge in [-0.1, -0.05) is 0 Å². The van der Waals surface area contributed by atoms with Crippen molar-refractivity contribution in [2.45, 2.75) is 18.6 Å². The Balaban J connectivity index is 2.43. The first-order valence-corrected chi connectivity index (χ1v) is 5.94. The normalized spacial score (nSPS) is 20.9. The van der Waals surface area contributed by atoms with Crippen molar-refractivity contribution in [3.8, 4) is 0 Å². The minimum Gasteiger partial charge on any atom is -0.380 e. The van der Waals surface area contributed by atoms with Gasteiger partial charge in [-0.3, -0.25) is 4.79 Å². The third-order valence-electron chi connectivity index (χ3n) is 2.24. The zero-order valence-electron chi connectivity index (χ0n) is 8.28. The van der Waals surface area contributed by atoms with Crippen LogP contribution >= 0.6 is 11.8 Å². The molecular weight excluding hydrogens is 186 g/mol. The Morgan fingerprint density at radius 1 is 1.46 bits per heavy atom. The second-order valence-corrected chi connectivity index (χ2v) is 4.35. The van der Waals surface area contributed by atoms with Crippen molar-refractivity contribution < 1.29 is 9.53 Å². The van der Waals surface area contributed by atoms with E-state index in [0.29, 0.717) is 6.61 Å². The molecule has 0 aliphatic carbocycles. The number of carbonyl (C=O) groups is 1. The number of ether oxygens (including phenoxy) is 1. The standard InChI is InChI=1S/C9H17NO2S/c1-8(13-2)9(11)10-4-3-6-12-7-5-10/h8H,3-7H2,1-2H3. The second kappa shape index (κ2) is 5.50. The van der Waals surface area contributed by atoms with Crippen LogP contribution in [0.2, 0.25) is 0 Å². The lowest BCUT2D eigenvalue weighted by Gasteiger charge is -2.22. The molecule has 1 rings (SSSR count). The Morgan fingerprint density at radius 2 is 2.23 bits per heavy atom. The van der Waals surface area contributed by atoms with Gasteiger partial charge in [0.2, 0.25) is 5.91 Å². The highest BCUT2D eigenvalue weighted by molar-refractivity contribution is 7.99. The maximum Gasteiger partial charge on any atom is 0.235 e. The Labute approximate surface area is 83.8 Å². The first-order valence-electron chi connectivity index (χ1n) is 4.65. The summed E-state index contributed by atoms with van der Waals surface area (Å²) in [6, 6.07) is 0. The van der Waals surface area contributed by atoms with E-state index < -0.39 is 0 Å². The van der Waals surface area contributed by atoms with Gasteiger partial charge in [-0.25, -0.2) is 0 Å². The predicted octanol–water partition coefficient (Wildman–Crippen LogP) is 0.987. The summed E-state index contributed by atoms with van der Waals surface area (Å²) in [5.74, 6) is 0.248. The molecule has 0 aromatic rings. The molecule has 0 aromatic carbocycles. The number of thioether (sulfide) groups is 1. The summed E-state index contributed by atoms with van der Waals surface area (Å²) < 4.78 is 5.29. The van der Waals surface area contributed by atoms with Crippen LogP contribution in [-0.4, -0.2) is 48.6 Å². The first kappa shape index (κ1) is 10.9. The Bertz CT molecular complexity index is 167. The van der Waals surface area contributed by atoms with E-state index in [2.05, 4.69) is 0 Å². The van der Waals surface area contributed by atoms with E-state index >= 15 is 0 Å². The molecule has 1 aliphatic heterocycles. The van der Waals surface area contributed by atoms with Crippen molar-refractivity contribution in [1.29, 1.82) is 0 Å². The van der Waals surface area contributed by atoms with E-state index in [0.717, 1.165) is 26.1 Å². The second-order valence-electron chi connectivity index (χ2n) is 3.17. The van der Waals surface area contributed by atoms with Crippen LogP contribution in [-0.2, 0) is 9.53 Å². The van der Waals surface area contributed by atoms with Gasteiger partial charge in [0.25, 0.3) is 0 Å². The van der Waals surface area contributed by atoms with E-state index in [9.17, 15) is 4.79 Å². The molecule has 1 saturated heterocycles. The highest BCUT2D eigenvalue weighted by Crippen LogP contribution is 2.10. The van der Waals surface area contributed by atoms with Crippen LogP contribution in [0.3, 0.4) is 0 Å². The maximum absolute atomic E-state index is 11.7. The summed E-state index contributed by atoms with van der Waals surface area (Å²) in [4.78, 5) is 13.6. The lowest BCUT2D eigenvalue weighted by molar-refractivity contribution is -0.130. The van der Waals surface area contributed by atoms with Crippen LogP contribution in [0.4, 0.5) is 0 Å². The Morgan fingerprint density at radius 3 is 2.92 bits per heavy atom. The van der Waals surface area contributed by atoms with Gasteiger partial charge in [0.05, 0.1) is 11.9 Å². The third-order valence-corrected chi connectivity index (χ3v) is 3.14. The van der Waals surface area contributed by atoms with Gasteiger partial charge in [-0.05, 0) is 19.6 Å². The van der Waals surface area contributed by atoms with Crippen LogP contribution < -0.4 is 0 Å². The maximum atomic E-state index is 11.7. The fourth-order valence-corrected chi connectivity index (χ4v) is 1.68. The fourth-order valence-electron chi connectivity index (χ4n) is 1.32. The lowest BCUT2D eigenvalue weighted by atomic mass is 10.3. The van der Waals surface area contributed by atoms with Crippen molar-refractivity contribution in [1.82, 2.24) is 4.90 Å². The lowest BCUT2D eigenvalue weighted by Crippen LogP contribution is -2.38. The number of nitrogens with zero attached hydrogens (tertiary/aromatic N) is 1. The van der Waals surface area contributed by atoms with Gasteiger partial charge < -0.3 is 9.64 Å². The van der Waals surface area contributed by atoms with Gasteiger partial charge in [-0.2, -0.15) is 11.8 Å². The van der Waals surface area contributed by atoms with Crippen LogP contribution in [0, 0.1) is 0 Å². The molecule has 13 heavy (non-hydrogen) atoms. The molecule has 1 atom stereocenters. The van der Waals surface area contributed by atoms with Gasteiger partial charge in [0.1, 0.15) is 0 Å². The van der Waals surface area contributed by atoms with Gasteiger partial charge in [0, 0.05) is 19.7 Å². The van der Waals surface area contributed by atoms with Crippen LogP contribution in [0.15, 0.2) is 0 Å². The monoisotopic (exact) mass is 203 g/mol. The summed E-state index contributed by atoms with van der Waals surface area (Å²) in [5.41, 5.74) is 0. The minimum atomic E-state index is 0.0816. The summed E-state index contributed by atoms with van der Waals surface area (Å²) in [6.07, 6.45) is 2.93. The van der Waals surface area contributed by atoms with E-state index in [1.54, 1.807) is 11.8 Å². The molecular formula is C9H17NO2S. The Kier molecular flexibility index (Phi) is 4.59.